The van der Waals surface area contributed by atoms with Gasteiger partial charge in [0, 0.05) is 12.7 Å². The Bertz CT molecular complexity index is 1760. The summed E-state index contributed by atoms with van der Waals surface area (Å²) in [5, 5.41) is 0. The molecule has 13 heteroatoms. The van der Waals surface area contributed by atoms with E-state index >= 15 is 0 Å². The van der Waals surface area contributed by atoms with Crippen molar-refractivity contribution in [3.05, 3.63) is 47.5 Å². The molecule has 302 valence electrons. The first kappa shape index (κ1) is 41.2. The fourth-order valence-electron chi connectivity index (χ4n) is 13.5. The van der Waals surface area contributed by atoms with Crippen molar-refractivity contribution in [1.82, 2.24) is 0 Å². The number of carbonyl (C=O) groups excluding carboxylic acids is 2. The molecule has 1 aromatic rings. The molecule has 0 bridgehead atoms. The van der Waals surface area contributed by atoms with Crippen LogP contribution in [0.25, 0.3) is 0 Å². The van der Waals surface area contributed by atoms with Crippen LogP contribution in [-0.4, -0.2) is 57.5 Å². The minimum Gasteiger partial charge on any atom is -0.469 e. The van der Waals surface area contributed by atoms with Crippen LogP contribution in [0, 0.1) is 50.7 Å². The maximum Gasteiger partial charge on any atom is 0.432 e. The van der Waals surface area contributed by atoms with E-state index in [-0.39, 0.29) is 45.0 Å². The van der Waals surface area contributed by atoms with Gasteiger partial charge in [-0.2, -0.15) is 21.6 Å². The number of benzene rings is 1. The predicted octanol–water partition coefficient (Wildman–Crippen LogP) is 8.78. The van der Waals surface area contributed by atoms with Crippen LogP contribution in [0.1, 0.15) is 111 Å². The zero-order chi connectivity index (χ0) is 39.9. The van der Waals surface area contributed by atoms with Gasteiger partial charge in [0.25, 0.3) is 5.60 Å². The van der Waals surface area contributed by atoms with Crippen molar-refractivity contribution in [3.63, 3.8) is 0 Å². The van der Waals surface area contributed by atoms with Crippen molar-refractivity contribution < 1.29 is 54.1 Å². The standard InChI is InChI=1S/C41H57F3O9S/c1-25(2)22-28(52-34(46)40(51-8,41(42,43)44)27-12-10-9-11-13-27)23-26(3)29-16-18-36(5)30-14-15-31-37(6,33(45)50-7)32(53-54(47,48)49)17-19-38(31)24-39(30,38)21-20-35(29,36)4/h9-13,22,26,28-32H,14-21,23-24H2,1-8H3,(H,47,48,49)/t26-,28+,29-,30+,31+,32+,35-,36+,37+,38-,39+,40+/m1/s1. The number of halogens is 3. The summed E-state index contributed by atoms with van der Waals surface area (Å²) in [5.41, 5.74) is -4.37. The topological polar surface area (TPSA) is 125 Å². The smallest absolute Gasteiger partial charge is 0.432 e. The van der Waals surface area contributed by atoms with Gasteiger partial charge in [0.05, 0.1) is 18.6 Å². The zero-order valence-electron chi connectivity index (χ0n) is 32.8. The number of ether oxygens (including phenoxy) is 3. The number of hydrogen-bond acceptors (Lipinski definition) is 8. The predicted molar refractivity (Wildman–Crippen MR) is 194 cm³/mol. The number of allylic oxidation sites excluding steroid dienone is 1. The molecule has 0 aromatic heterocycles. The third-order valence-corrected chi connectivity index (χ3v) is 16.4. The Hall–Kier alpha value is -2.48. The lowest BCUT2D eigenvalue weighted by Gasteiger charge is -2.63. The van der Waals surface area contributed by atoms with Crippen LogP contribution in [0.3, 0.4) is 0 Å². The summed E-state index contributed by atoms with van der Waals surface area (Å²) in [6.45, 7) is 12.3. The average Bonchev–Trinajstić information content (AvgIpc) is 3.66. The van der Waals surface area contributed by atoms with Crippen molar-refractivity contribution in [1.29, 1.82) is 0 Å². The molecule has 0 heterocycles. The van der Waals surface area contributed by atoms with Gasteiger partial charge in [0.15, 0.2) is 0 Å². The summed E-state index contributed by atoms with van der Waals surface area (Å²) in [5.74, 6) is -1.57. The third kappa shape index (κ3) is 5.90. The van der Waals surface area contributed by atoms with Gasteiger partial charge >= 0.3 is 28.5 Å². The summed E-state index contributed by atoms with van der Waals surface area (Å²) in [6, 6.07) is 6.88. The van der Waals surface area contributed by atoms with E-state index in [1.54, 1.807) is 19.1 Å². The van der Waals surface area contributed by atoms with Gasteiger partial charge < -0.3 is 14.2 Å². The molecule has 2 spiro atoms. The van der Waals surface area contributed by atoms with Gasteiger partial charge in [0.1, 0.15) is 6.10 Å². The molecule has 0 saturated heterocycles. The van der Waals surface area contributed by atoms with Crippen molar-refractivity contribution in [3.8, 4) is 0 Å². The number of alkyl halides is 3. The number of fused-ring (bicyclic) bond motifs is 2. The average molecular weight is 783 g/mol. The van der Waals surface area contributed by atoms with E-state index in [9.17, 15) is 35.7 Å². The summed E-state index contributed by atoms with van der Waals surface area (Å²) < 4.78 is 99.0. The number of esters is 2. The van der Waals surface area contributed by atoms with E-state index in [2.05, 4.69) is 20.8 Å². The van der Waals surface area contributed by atoms with Crippen LogP contribution in [0.2, 0.25) is 0 Å². The number of rotatable bonds is 11. The lowest BCUT2D eigenvalue weighted by atomic mass is 9.41. The first-order chi connectivity index (χ1) is 25.0. The Kier molecular flexibility index (Phi) is 10.4. The molecule has 0 radical (unpaired) electrons. The van der Waals surface area contributed by atoms with E-state index in [0.717, 1.165) is 51.2 Å². The second-order valence-corrected chi connectivity index (χ2v) is 19.2. The number of carbonyl (C=O) groups is 2. The Morgan fingerprint density at radius 1 is 0.926 bits per heavy atom. The Morgan fingerprint density at radius 2 is 1.56 bits per heavy atom. The lowest BCUT2D eigenvalue weighted by molar-refractivity contribution is -0.277. The Morgan fingerprint density at radius 3 is 2.13 bits per heavy atom. The first-order valence-electron chi connectivity index (χ1n) is 19.3. The molecule has 6 rings (SSSR count). The molecular weight excluding hydrogens is 726 g/mol. The van der Waals surface area contributed by atoms with Crippen LogP contribution in [-0.2, 0) is 44.0 Å². The maximum absolute atomic E-state index is 14.8. The lowest BCUT2D eigenvalue weighted by Crippen LogP contribution is -2.60. The zero-order valence-corrected chi connectivity index (χ0v) is 33.6. The highest BCUT2D eigenvalue weighted by atomic mass is 32.3. The third-order valence-electron chi connectivity index (χ3n) is 15.9. The maximum atomic E-state index is 14.8. The molecule has 5 aliphatic rings. The van der Waals surface area contributed by atoms with E-state index < -0.39 is 51.7 Å². The largest absolute Gasteiger partial charge is 0.469 e. The highest BCUT2D eigenvalue weighted by molar-refractivity contribution is 7.80. The van der Waals surface area contributed by atoms with Gasteiger partial charge in [-0.15, -0.1) is 0 Å². The van der Waals surface area contributed by atoms with Crippen LogP contribution in [0.5, 0.6) is 0 Å². The minimum atomic E-state index is -5.07. The normalized spacial score (nSPS) is 39.3. The van der Waals surface area contributed by atoms with Gasteiger partial charge in [-0.1, -0.05) is 56.7 Å². The van der Waals surface area contributed by atoms with Crippen molar-refractivity contribution in [2.75, 3.05) is 14.2 Å². The van der Waals surface area contributed by atoms with E-state index in [1.807, 2.05) is 13.8 Å². The quantitative estimate of drug-likeness (QED) is 0.133. The van der Waals surface area contributed by atoms with Gasteiger partial charge in [0.2, 0.25) is 0 Å². The van der Waals surface area contributed by atoms with Crippen molar-refractivity contribution in [2.24, 2.45) is 50.7 Å². The second kappa shape index (κ2) is 13.6. The molecule has 0 aliphatic heterocycles. The van der Waals surface area contributed by atoms with Crippen molar-refractivity contribution in [2.45, 2.75) is 130 Å². The second-order valence-electron chi connectivity index (χ2n) is 18.1. The summed E-state index contributed by atoms with van der Waals surface area (Å²) in [6.07, 6.45) is 2.44. The molecular formula is C41H57F3O9S. The van der Waals surface area contributed by atoms with Gasteiger partial charge in [-0.25, -0.2) is 8.98 Å². The van der Waals surface area contributed by atoms with E-state index in [0.29, 0.717) is 31.6 Å². The van der Waals surface area contributed by atoms with Gasteiger partial charge in [-0.3, -0.25) is 9.35 Å². The van der Waals surface area contributed by atoms with Crippen molar-refractivity contribution >= 4 is 22.3 Å². The molecule has 1 aromatic carbocycles. The van der Waals surface area contributed by atoms with Crippen LogP contribution >= 0.6 is 0 Å². The molecule has 9 nitrogen and oxygen atoms in total. The molecule has 54 heavy (non-hydrogen) atoms. The van der Waals surface area contributed by atoms with Crippen LogP contribution in [0.15, 0.2) is 42.0 Å². The molecule has 12 atom stereocenters. The SMILES string of the molecule is COC(=O)[C@]1(C)[C@@H](OS(=O)(=O)O)CC[C@]23C[C@]24CC[C@]2(C)[C@@H]([C@H](C)C[C@H](C=C(C)C)OC(=O)[C@@](OC)(c5ccccc5)C(F)(F)F)CC[C@@]2(C)[C@@H]4CC[C@@H]13. The molecule has 0 unspecified atom stereocenters. The number of methoxy groups -OCH3 is 2. The van der Waals surface area contributed by atoms with E-state index in [1.165, 1.54) is 31.4 Å². The van der Waals surface area contributed by atoms with E-state index in [4.69, 9.17) is 18.4 Å². The first-order valence-corrected chi connectivity index (χ1v) is 20.7. The monoisotopic (exact) mass is 782 g/mol. The fraction of sp³-hybridized carbons (Fsp3) is 0.756. The minimum absolute atomic E-state index is 0.0129. The Balaban J connectivity index is 1.25. The highest BCUT2D eigenvalue weighted by Gasteiger charge is 2.83. The molecule has 5 aliphatic carbocycles. The van der Waals surface area contributed by atoms with Crippen LogP contribution in [0.4, 0.5) is 13.2 Å². The molecule has 0 amide bonds. The fourth-order valence-corrected chi connectivity index (χ4v) is 14.0. The van der Waals surface area contributed by atoms with Gasteiger partial charge in [-0.05, 0) is 136 Å². The molecule has 5 saturated carbocycles. The summed E-state index contributed by atoms with van der Waals surface area (Å²) >= 11 is 0. The summed E-state index contributed by atoms with van der Waals surface area (Å²) in [4.78, 5) is 27.2. The number of hydrogen-bond donors (Lipinski definition) is 1. The molecule has 1 N–H and O–H groups in total. The molecule has 5 fully saturated rings. The highest BCUT2D eigenvalue weighted by Crippen LogP contribution is 2.89. The Labute approximate surface area is 318 Å². The summed E-state index contributed by atoms with van der Waals surface area (Å²) in [7, 11) is -2.61. The van der Waals surface area contributed by atoms with Crippen LogP contribution < -0.4 is 0 Å².